The lowest BCUT2D eigenvalue weighted by Crippen LogP contribution is -2.35. The summed E-state index contributed by atoms with van der Waals surface area (Å²) in [5.41, 5.74) is 10.4. The van der Waals surface area contributed by atoms with Crippen LogP contribution in [0.4, 0.5) is 4.39 Å². The normalized spacial score (nSPS) is 13.8. The molecule has 6 rings (SSSR count). The van der Waals surface area contributed by atoms with Crippen molar-refractivity contribution in [3.05, 3.63) is 106 Å². The van der Waals surface area contributed by atoms with Crippen molar-refractivity contribution in [3.8, 4) is 17.1 Å². The minimum atomic E-state index is -0.642. The molecule has 8 nitrogen and oxygen atoms in total. The van der Waals surface area contributed by atoms with Gasteiger partial charge in [0.05, 0.1) is 23.8 Å². The number of hydrogen-bond acceptors (Lipinski definition) is 6. The molecule has 1 saturated carbocycles. The molecular formula is C32H28FN3O5. The topological polar surface area (TPSA) is 121 Å². The van der Waals surface area contributed by atoms with Crippen LogP contribution in [0.15, 0.2) is 69.8 Å². The highest BCUT2D eigenvalue weighted by molar-refractivity contribution is 6.10. The van der Waals surface area contributed by atoms with E-state index >= 15 is 0 Å². The van der Waals surface area contributed by atoms with Crippen molar-refractivity contribution in [1.29, 1.82) is 0 Å². The van der Waals surface area contributed by atoms with E-state index in [2.05, 4.69) is 10.3 Å². The number of nitrogens with zero attached hydrogens (tertiary/aromatic N) is 1. The number of carbonyl (C=O) groups is 2. The SMILES string of the molecule is COc1cc(C)c(Cc2ccc3oc(-c4ccc(F)cc4)c(C(N)=O)c3c2)cc1C(=O)NC1(c2ncoc2C)CC1. The van der Waals surface area contributed by atoms with E-state index in [0.717, 1.165) is 35.2 Å². The predicted molar refractivity (Wildman–Crippen MR) is 150 cm³/mol. The molecule has 0 spiro atoms. The number of oxazole rings is 1. The number of nitrogens with two attached hydrogens (primary N) is 1. The van der Waals surface area contributed by atoms with Crippen molar-refractivity contribution in [2.24, 2.45) is 5.73 Å². The van der Waals surface area contributed by atoms with Crippen LogP contribution >= 0.6 is 0 Å². The molecular weight excluding hydrogens is 525 g/mol. The van der Waals surface area contributed by atoms with Gasteiger partial charge >= 0.3 is 0 Å². The first-order chi connectivity index (χ1) is 19.7. The molecule has 0 aliphatic heterocycles. The number of benzene rings is 3. The van der Waals surface area contributed by atoms with Crippen molar-refractivity contribution in [3.63, 3.8) is 0 Å². The van der Waals surface area contributed by atoms with Gasteiger partial charge in [-0.05, 0) is 98.3 Å². The monoisotopic (exact) mass is 553 g/mol. The van der Waals surface area contributed by atoms with Gasteiger partial charge in [0, 0.05) is 10.9 Å². The van der Waals surface area contributed by atoms with Crippen molar-refractivity contribution >= 4 is 22.8 Å². The first-order valence-electron chi connectivity index (χ1n) is 13.2. The summed E-state index contributed by atoms with van der Waals surface area (Å²) in [5, 5.41) is 3.72. The summed E-state index contributed by atoms with van der Waals surface area (Å²) in [7, 11) is 1.54. The Labute approximate surface area is 235 Å². The van der Waals surface area contributed by atoms with E-state index in [1.165, 1.54) is 25.6 Å². The average Bonchev–Trinajstić information content (AvgIpc) is 3.40. The number of primary amides is 1. The number of ether oxygens (including phenoxy) is 1. The minimum absolute atomic E-state index is 0.234. The number of aromatic nitrogens is 1. The Bertz CT molecular complexity index is 1820. The smallest absolute Gasteiger partial charge is 0.255 e. The summed E-state index contributed by atoms with van der Waals surface area (Å²) in [6.07, 6.45) is 3.43. The Morgan fingerprint density at radius 3 is 2.49 bits per heavy atom. The Hall–Kier alpha value is -4.92. The quantitative estimate of drug-likeness (QED) is 0.245. The van der Waals surface area contributed by atoms with Crippen LogP contribution in [0, 0.1) is 19.7 Å². The number of hydrogen-bond donors (Lipinski definition) is 2. The summed E-state index contributed by atoms with van der Waals surface area (Å²) >= 11 is 0. The molecule has 0 unspecified atom stereocenters. The Kier molecular flexibility index (Phi) is 6.37. The lowest BCUT2D eigenvalue weighted by molar-refractivity contribution is 0.0925. The zero-order valence-corrected chi connectivity index (χ0v) is 22.8. The number of fused-ring (bicyclic) bond motifs is 1. The van der Waals surface area contributed by atoms with Gasteiger partial charge in [-0.1, -0.05) is 6.07 Å². The average molecular weight is 554 g/mol. The molecule has 1 aliphatic carbocycles. The van der Waals surface area contributed by atoms with E-state index < -0.39 is 17.3 Å². The summed E-state index contributed by atoms with van der Waals surface area (Å²) in [5.74, 6) is 0.162. The van der Waals surface area contributed by atoms with Gasteiger partial charge in [0.1, 0.15) is 34.4 Å². The molecule has 2 amide bonds. The van der Waals surface area contributed by atoms with Crippen LogP contribution in [0.2, 0.25) is 0 Å². The largest absolute Gasteiger partial charge is 0.496 e. The molecule has 0 radical (unpaired) electrons. The fourth-order valence-electron chi connectivity index (χ4n) is 5.38. The molecule has 208 valence electrons. The molecule has 1 aliphatic rings. The van der Waals surface area contributed by atoms with Gasteiger partial charge in [0.25, 0.3) is 11.8 Å². The summed E-state index contributed by atoms with van der Waals surface area (Å²) in [6.45, 7) is 3.79. The van der Waals surface area contributed by atoms with Crippen LogP contribution in [0.3, 0.4) is 0 Å². The number of furan rings is 1. The molecule has 2 heterocycles. The zero-order valence-electron chi connectivity index (χ0n) is 22.8. The first-order valence-corrected chi connectivity index (χ1v) is 13.2. The number of rotatable bonds is 8. The summed E-state index contributed by atoms with van der Waals surface area (Å²) < 4.78 is 30.4. The molecule has 3 aromatic carbocycles. The van der Waals surface area contributed by atoms with E-state index in [0.29, 0.717) is 45.8 Å². The van der Waals surface area contributed by atoms with E-state index in [-0.39, 0.29) is 11.5 Å². The van der Waals surface area contributed by atoms with Crippen LogP contribution in [0.1, 0.15) is 61.7 Å². The highest BCUT2D eigenvalue weighted by Crippen LogP contribution is 2.46. The van der Waals surface area contributed by atoms with Gasteiger partial charge in [-0.15, -0.1) is 0 Å². The summed E-state index contributed by atoms with van der Waals surface area (Å²) in [6, 6.07) is 14.9. The third-order valence-electron chi connectivity index (χ3n) is 7.70. The molecule has 3 N–H and O–H groups in total. The van der Waals surface area contributed by atoms with E-state index in [1.54, 1.807) is 18.2 Å². The maximum Gasteiger partial charge on any atom is 0.255 e. The number of amides is 2. The predicted octanol–water partition coefficient (Wildman–Crippen LogP) is 5.96. The second kappa shape index (κ2) is 9.92. The third kappa shape index (κ3) is 4.73. The molecule has 5 aromatic rings. The number of nitrogens with one attached hydrogen (secondary N) is 1. The van der Waals surface area contributed by atoms with E-state index in [1.807, 2.05) is 38.1 Å². The lowest BCUT2D eigenvalue weighted by atomic mass is 9.95. The van der Waals surface area contributed by atoms with Gasteiger partial charge in [0.2, 0.25) is 0 Å². The minimum Gasteiger partial charge on any atom is -0.496 e. The van der Waals surface area contributed by atoms with E-state index in [9.17, 15) is 14.0 Å². The van der Waals surface area contributed by atoms with E-state index in [4.69, 9.17) is 19.3 Å². The lowest BCUT2D eigenvalue weighted by Gasteiger charge is -2.18. The molecule has 0 saturated heterocycles. The number of methoxy groups -OCH3 is 1. The standard InChI is InChI=1S/C32H28FN3O5/c1-17-12-26(39-3)24(31(38)36-32(10-11-32)29-18(2)40-16-35-29)15-21(17)13-19-4-9-25-23(14-19)27(30(34)37)28(41-25)20-5-7-22(33)8-6-20/h4-9,12,14-16H,10-11,13H2,1-3H3,(H2,34,37)(H,36,38). The van der Waals surface area contributed by atoms with Gasteiger partial charge in [-0.3, -0.25) is 9.59 Å². The molecule has 0 atom stereocenters. The van der Waals surface area contributed by atoms with Crippen molar-refractivity contribution in [2.75, 3.05) is 7.11 Å². The van der Waals surface area contributed by atoms with Crippen LogP contribution in [0.25, 0.3) is 22.3 Å². The maximum atomic E-state index is 13.5. The van der Waals surface area contributed by atoms with Crippen LogP contribution in [0.5, 0.6) is 5.75 Å². The second-order valence-corrected chi connectivity index (χ2v) is 10.5. The highest BCUT2D eigenvalue weighted by atomic mass is 19.1. The number of halogens is 1. The first kappa shape index (κ1) is 26.3. The van der Waals surface area contributed by atoms with Crippen molar-refractivity contribution in [2.45, 2.75) is 38.6 Å². The molecule has 2 aromatic heterocycles. The molecule has 9 heteroatoms. The van der Waals surface area contributed by atoms with Crippen LogP contribution in [-0.4, -0.2) is 23.9 Å². The van der Waals surface area contributed by atoms with Crippen LogP contribution < -0.4 is 15.8 Å². The Morgan fingerprint density at radius 1 is 1.10 bits per heavy atom. The number of carbonyl (C=O) groups excluding carboxylic acids is 2. The Balaban J connectivity index is 1.34. The Morgan fingerprint density at radius 2 is 1.85 bits per heavy atom. The second-order valence-electron chi connectivity index (χ2n) is 10.5. The van der Waals surface area contributed by atoms with Crippen LogP contribution in [-0.2, 0) is 12.0 Å². The molecule has 0 bridgehead atoms. The van der Waals surface area contributed by atoms with Crippen molar-refractivity contribution in [1.82, 2.24) is 10.3 Å². The fourth-order valence-corrected chi connectivity index (χ4v) is 5.38. The number of aryl methyl sites for hydroxylation is 2. The fraction of sp³-hybridized carbons (Fsp3) is 0.219. The molecule has 1 fully saturated rings. The van der Waals surface area contributed by atoms with Gasteiger partial charge in [-0.25, -0.2) is 9.37 Å². The summed E-state index contributed by atoms with van der Waals surface area (Å²) in [4.78, 5) is 30.3. The van der Waals surface area contributed by atoms with Crippen molar-refractivity contribution < 1.29 is 27.6 Å². The highest BCUT2D eigenvalue weighted by Gasteiger charge is 2.49. The maximum absolute atomic E-state index is 13.5. The van der Waals surface area contributed by atoms with Gasteiger partial charge in [-0.2, -0.15) is 0 Å². The van der Waals surface area contributed by atoms with Gasteiger partial charge in [0.15, 0.2) is 6.39 Å². The van der Waals surface area contributed by atoms with Gasteiger partial charge < -0.3 is 24.6 Å². The molecule has 41 heavy (non-hydrogen) atoms. The zero-order chi connectivity index (χ0) is 28.9. The third-order valence-corrected chi connectivity index (χ3v) is 7.70.